The van der Waals surface area contributed by atoms with E-state index in [0.29, 0.717) is 12.6 Å². The molecule has 2 heterocycles. The molecule has 0 spiro atoms. The molecule has 0 radical (unpaired) electrons. The van der Waals surface area contributed by atoms with Gasteiger partial charge in [0.1, 0.15) is 5.58 Å². The van der Waals surface area contributed by atoms with Crippen LogP contribution in [0, 0.1) is 11.8 Å². The van der Waals surface area contributed by atoms with Crippen molar-refractivity contribution in [2.75, 3.05) is 19.6 Å². The monoisotopic (exact) mass is 270 g/mol. The molecule has 3 atom stereocenters. The van der Waals surface area contributed by atoms with Gasteiger partial charge in [0.15, 0.2) is 0 Å². The van der Waals surface area contributed by atoms with E-state index in [-0.39, 0.29) is 0 Å². The fraction of sp³-hybridized carbons (Fsp3) is 0.529. The van der Waals surface area contributed by atoms with Gasteiger partial charge >= 0.3 is 0 Å². The summed E-state index contributed by atoms with van der Waals surface area (Å²) in [6, 6.07) is 8.59. The number of rotatable bonds is 3. The second-order valence-corrected chi connectivity index (χ2v) is 6.34. The zero-order chi connectivity index (χ0) is 13.5. The number of furan rings is 1. The summed E-state index contributed by atoms with van der Waals surface area (Å²) < 4.78 is 5.70. The molecule has 20 heavy (non-hydrogen) atoms. The lowest BCUT2D eigenvalue weighted by Crippen LogP contribution is -2.32. The molecular weight excluding hydrogens is 248 g/mol. The fourth-order valence-corrected chi connectivity index (χ4v) is 4.25. The number of hydrogen-bond acceptors (Lipinski definition) is 3. The Hall–Kier alpha value is -1.32. The second-order valence-electron chi connectivity index (χ2n) is 6.34. The van der Waals surface area contributed by atoms with Gasteiger partial charge in [0.25, 0.3) is 0 Å². The summed E-state index contributed by atoms with van der Waals surface area (Å²) in [5.41, 5.74) is 8.34. The molecule has 1 saturated carbocycles. The summed E-state index contributed by atoms with van der Waals surface area (Å²) in [5, 5.41) is 1.22. The third-order valence-electron chi connectivity index (χ3n) is 5.29. The summed E-state index contributed by atoms with van der Waals surface area (Å²) in [6.07, 6.45) is 6.15. The van der Waals surface area contributed by atoms with E-state index in [4.69, 9.17) is 10.2 Å². The highest BCUT2D eigenvalue weighted by Crippen LogP contribution is 2.41. The van der Waals surface area contributed by atoms with E-state index in [1.165, 1.54) is 43.3 Å². The van der Waals surface area contributed by atoms with Crippen molar-refractivity contribution in [2.45, 2.75) is 25.3 Å². The molecule has 1 saturated heterocycles. The van der Waals surface area contributed by atoms with Crippen LogP contribution in [0.1, 0.15) is 30.9 Å². The van der Waals surface area contributed by atoms with Crippen molar-refractivity contribution >= 4 is 11.0 Å². The van der Waals surface area contributed by atoms with Gasteiger partial charge in [0.05, 0.1) is 12.3 Å². The normalized spacial score (nSPS) is 28.1. The molecule has 3 nitrogen and oxygen atoms in total. The van der Waals surface area contributed by atoms with Gasteiger partial charge in [0, 0.05) is 30.6 Å². The standard InChI is InChI=1S/C17H22N2O/c18-8-16(19-9-12-4-3-5-13(12)10-19)15-11-20-17-7-2-1-6-14(15)17/h1-2,6-7,11-13,16H,3-5,8-10,18H2. The van der Waals surface area contributed by atoms with Gasteiger partial charge in [-0.1, -0.05) is 24.6 Å². The lowest BCUT2D eigenvalue weighted by atomic mass is 10.0. The summed E-state index contributed by atoms with van der Waals surface area (Å²) in [6.45, 7) is 3.10. The second kappa shape index (κ2) is 4.90. The minimum absolute atomic E-state index is 0.309. The van der Waals surface area contributed by atoms with Gasteiger partial charge < -0.3 is 10.2 Å². The number of nitrogens with two attached hydrogens (primary N) is 1. The Labute approximate surface area is 119 Å². The van der Waals surface area contributed by atoms with Crippen molar-refractivity contribution in [3.05, 3.63) is 36.1 Å². The smallest absolute Gasteiger partial charge is 0.134 e. The lowest BCUT2D eigenvalue weighted by molar-refractivity contribution is 0.232. The maximum absolute atomic E-state index is 6.10. The van der Waals surface area contributed by atoms with Crippen LogP contribution in [-0.4, -0.2) is 24.5 Å². The third-order valence-corrected chi connectivity index (χ3v) is 5.29. The zero-order valence-corrected chi connectivity index (χ0v) is 11.8. The molecular formula is C17H22N2O. The minimum Gasteiger partial charge on any atom is -0.464 e. The van der Waals surface area contributed by atoms with Gasteiger partial charge in [-0.25, -0.2) is 0 Å². The Balaban J connectivity index is 1.65. The highest BCUT2D eigenvalue weighted by Gasteiger charge is 2.39. The summed E-state index contributed by atoms with van der Waals surface area (Å²) >= 11 is 0. The van der Waals surface area contributed by atoms with Gasteiger partial charge in [0.2, 0.25) is 0 Å². The number of likely N-dealkylation sites (tertiary alicyclic amines) is 1. The maximum Gasteiger partial charge on any atom is 0.134 e. The van der Waals surface area contributed by atoms with Crippen molar-refractivity contribution in [3.8, 4) is 0 Å². The minimum atomic E-state index is 0.309. The Morgan fingerprint density at radius 3 is 2.70 bits per heavy atom. The SMILES string of the molecule is NCC(c1coc2ccccc12)N1CC2CCCC2C1. The van der Waals surface area contributed by atoms with E-state index in [9.17, 15) is 0 Å². The predicted molar refractivity (Wildman–Crippen MR) is 80.4 cm³/mol. The Bertz CT molecular complexity index is 594. The number of para-hydroxylation sites is 1. The highest BCUT2D eigenvalue weighted by atomic mass is 16.3. The molecule has 1 aromatic heterocycles. The molecule has 2 N–H and O–H groups in total. The molecule has 1 aliphatic carbocycles. The summed E-state index contributed by atoms with van der Waals surface area (Å²) in [5.74, 6) is 1.81. The van der Waals surface area contributed by atoms with E-state index in [1.807, 2.05) is 18.4 Å². The first-order valence-corrected chi connectivity index (χ1v) is 7.77. The Kier molecular flexibility index (Phi) is 3.04. The maximum atomic E-state index is 6.10. The molecule has 106 valence electrons. The summed E-state index contributed by atoms with van der Waals surface area (Å²) in [4.78, 5) is 2.59. The first-order chi connectivity index (χ1) is 9.86. The van der Waals surface area contributed by atoms with E-state index in [0.717, 1.165) is 17.4 Å². The Morgan fingerprint density at radius 1 is 1.20 bits per heavy atom. The van der Waals surface area contributed by atoms with Gasteiger partial charge in [-0.3, -0.25) is 4.90 Å². The average molecular weight is 270 g/mol. The molecule has 2 aliphatic rings. The van der Waals surface area contributed by atoms with Crippen LogP contribution in [-0.2, 0) is 0 Å². The third kappa shape index (κ3) is 1.88. The van der Waals surface area contributed by atoms with Crippen LogP contribution >= 0.6 is 0 Å². The van der Waals surface area contributed by atoms with Gasteiger partial charge in [-0.05, 0) is 30.7 Å². The van der Waals surface area contributed by atoms with Crippen molar-refractivity contribution < 1.29 is 4.42 Å². The van der Waals surface area contributed by atoms with Crippen LogP contribution in [0.25, 0.3) is 11.0 Å². The highest BCUT2D eigenvalue weighted by molar-refractivity contribution is 5.81. The van der Waals surface area contributed by atoms with Crippen LogP contribution in [0.3, 0.4) is 0 Å². The molecule has 0 bridgehead atoms. The molecule has 0 amide bonds. The number of hydrogen-bond donors (Lipinski definition) is 1. The van der Waals surface area contributed by atoms with Crippen LogP contribution in [0.4, 0.5) is 0 Å². The zero-order valence-electron chi connectivity index (χ0n) is 11.8. The van der Waals surface area contributed by atoms with Crippen LogP contribution < -0.4 is 5.73 Å². The molecule has 1 aromatic carbocycles. The lowest BCUT2D eigenvalue weighted by Gasteiger charge is -2.26. The van der Waals surface area contributed by atoms with Gasteiger partial charge in [-0.15, -0.1) is 0 Å². The molecule has 1 aliphatic heterocycles. The van der Waals surface area contributed by atoms with E-state index in [1.54, 1.807) is 0 Å². The van der Waals surface area contributed by atoms with Crippen molar-refractivity contribution in [3.63, 3.8) is 0 Å². The van der Waals surface area contributed by atoms with Crippen molar-refractivity contribution in [2.24, 2.45) is 17.6 Å². The molecule has 2 fully saturated rings. The van der Waals surface area contributed by atoms with Crippen molar-refractivity contribution in [1.29, 1.82) is 0 Å². The van der Waals surface area contributed by atoms with Crippen LogP contribution in [0.2, 0.25) is 0 Å². The van der Waals surface area contributed by atoms with Crippen LogP contribution in [0.5, 0.6) is 0 Å². The largest absolute Gasteiger partial charge is 0.464 e. The number of benzene rings is 1. The van der Waals surface area contributed by atoms with E-state index >= 15 is 0 Å². The first-order valence-electron chi connectivity index (χ1n) is 7.77. The first kappa shape index (κ1) is 12.4. The molecule has 2 aromatic rings. The predicted octanol–water partition coefficient (Wildman–Crippen LogP) is 3.16. The van der Waals surface area contributed by atoms with E-state index < -0.39 is 0 Å². The Morgan fingerprint density at radius 2 is 1.95 bits per heavy atom. The van der Waals surface area contributed by atoms with Crippen LogP contribution in [0.15, 0.2) is 34.9 Å². The van der Waals surface area contributed by atoms with Crippen molar-refractivity contribution in [1.82, 2.24) is 4.90 Å². The number of fused-ring (bicyclic) bond motifs is 2. The quantitative estimate of drug-likeness (QED) is 0.931. The summed E-state index contributed by atoms with van der Waals surface area (Å²) in [7, 11) is 0. The van der Waals surface area contributed by atoms with E-state index in [2.05, 4.69) is 17.0 Å². The fourth-order valence-electron chi connectivity index (χ4n) is 4.25. The topological polar surface area (TPSA) is 42.4 Å². The molecule has 4 rings (SSSR count). The molecule has 3 unspecified atom stereocenters. The number of nitrogens with zero attached hydrogens (tertiary/aromatic N) is 1. The molecule has 3 heteroatoms. The average Bonchev–Trinajstić information content (AvgIpc) is 3.14. The van der Waals surface area contributed by atoms with Gasteiger partial charge in [-0.2, -0.15) is 0 Å².